The molecule has 2 bridgehead atoms. The van der Waals surface area contributed by atoms with Crippen LogP contribution in [-0.4, -0.2) is 65.3 Å². The third-order valence-corrected chi connectivity index (χ3v) is 5.28. The van der Waals surface area contributed by atoms with Crippen molar-refractivity contribution in [1.29, 1.82) is 0 Å². The smallest absolute Gasteiger partial charge is 0.256 e. The van der Waals surface area contributed by atoms with Crippen molar-refractivity contribution in [3.63, 3.8) is 0 Å². The van der Waals surface area contributed by atoms with Crippen molar-refractivity contribution in [2.75, 3.05) is 31.1 Å². The molecule has 0 spiro atoms. The highest BCUT2D eigenvalue weighted by molar-refractivity contribution is 5.80. The van der Waals surface area contributed by atoms with Crippen molar-refractivity contribution >= 4 is 11.9 Å². The van der Waals surface area contributed by atoms with Crippen molar-refractivity contribution in [1.82, 2.24) is 14.9 Å². The summed E-state index contributed by atoms with van der Waals surface area (Å²) in [6.07, 6.45) is 0.732. The molecule has 0 N–H and O–H groups in total. The highest BCUT2D eigenvalue weighted by Crippen LogP contribution is 2.33. The van der Waals surface area contributed by atoms with Gasteiger partial charge in [0, 0.05) is 31.2 Å². The number of alkyl halides is 1. The average Bonchev–Trinajstić information content (AvgIpc) is 3.29. The van der Waals surface area contributed by atoms with Gasteiger partial charge in [0.2, 0.25) is 5.95 Å². The number of nitrogens with zero attached hydrogens (tertiary/aromatic N) is 4. The minimum Gasteiger partial charge on any atom is -0.374 e. The van der Waals surface area contributed by atoms with E-state index in [4.69, 9.17) is 9.72 Å². The van der Waals surface area contributed by atoms with Crippen molar-refractivity contribution in [3.8, 4) is 0 Å². The first-order valence-electron chi connectivity index (χ1n) is 8.68. The molecule has 3 aliphatic heterocycles. The fourth-order valence-electron chi connectivity index (χ4n) is 4.01. The van der Waals surface area contributed by atoms with Crippen LogP contribution in [0.4, 0.5) is 10.3 Å². The second-order valence-corrected chi connectivity index (χ2v) is 7.12. The normalized spacial score (nSPS) is 30.2. The number of halogens is 1. The zero-order chi connectivity index (χ0) is 16.8. The number of hydrogen-bond acceptors (Lipinski definition) is 5. The Balaban J connectivity index is 1.53. The Hall–Kier alpha value is -1.76. The van der Waals surface area contributed by atoms with Gasteiger partial charge < -0.3 is 14.5 Å². The Morgan fingerprint density at radius 2 is 2.25 bits per heavy atom. The summed E-state index contributed by atoms with van der Waals surface area (Å²) in [6, 6.07) is 2.37. The number of carbonyl (C=O) groups is 1. The number of likely N-dealkylation sites (tertiary alicyclic amines) is 1. The molecule has 3 fully saturated rings. The number of fused-ring (bicyclic) bond motifs is 2. The number of ether oxygens (including phenoxy) is 1. The van der Waals surface area contributed by atoms with Crippen LogP contribution in [0.25, 0.3) is 0 Å². The van der Waals surface area contributed by atoms with Crippen LogP contribution >= 0.6 is 0 Å². The van der Waals surface area contributed by atoms with Crippen LogP contribution in [0.5, 0.6) is 0 Å². The first-order chi connectivity index (χ1) is 11.5. The highest BCUT2D eigenvalue weighted by Gasteiger charge is 2.40. The standard InChI is InChI=1S/C17H23FN4O2/c1-10-5-15(12-3-4-21(7-12)16(23)11(2)18)20-17(19-10)22-8-14-6-13(22)9-24-14/h5,11-14H,3-4,6-9H2,1-2H3. The fourth-order valence-corrected chi connectivity index (χ4v) is 4.01. The van der Waals surface area contributed by atoms with Gasteiger partial charge in [-0.2, -0.15) is 0 Å². The van der Waals surface area contributed by atoms with Crippen molar-refractivity contribution in [2.24, 2.45) is 0 Å². The summed E-state index contributed by atoms with van der Waals surface area (Å²) in [5.74, 6) is 0.506. The Labute approximate surface area is 141 Å². The molecule has 0 aliphatic carbocycles. The van der Waals surface area contributed by atoms with E-state index in [0.29, 0.717) is 25.2 Å². The quantitative estimate of drug-likeness (QED) is 0.837. The van der Waals surface area contributed by atoms with Gasteiger partial charge in [-0.25, -0.2) is 14.4 Å². The summed E-state index contributed by atoms with van der Waals surface area (Å²) in [5.41, 5.74) is 1.89. The van der Waals surface area contributed by atoms with Gasteiger partial charge in [-0.1, -0.05) is 0 Å². The molecule has 0 aromatic carbocycles. The van der Waals surface area contributed by atoms with E-state index in [1.807, 2.05) is 13.0 Å². The monoisotopic (exact) mass is 334 g/mol. The van der Waals surface area contributed by atoms with Gasteiger partial charge in [-0.3, -0.25) is 4.79 Å². The molecular formula is C17H23FN4O2. The van der Waals surface area contributed by atoms with Gasteiger partial charge in [0.25, 0.3) is 5.91 Å². The van der Waals surface area contributed by atoms with Crippen LogP contribution in [0.2, 0.25) is 0 Å². The van der Waals surface area contributed by atoms with Crippen molar-refractivity contribution < 1.29 is 13.9 Å². The molecule has 1 aromatic rings. The second-order valence-electron chi connectivity index (χ2n) is 7.12. The second kappa shape index (κ2) is 5.95. The first kappa shape index (κ1) is 15.7. The van der Waals surface area contributed by atoms with Gasteiger partial charge in [-0.15, -0.1) is 0 Å². The number of carbonyl (C=O) groups excluding carboxylic acids is 1. The summed E-state index contributed by atoms with van der Waals surface area (Å²) in [5, 5.41) is 0. The maximum atomic E-state index is 13.3. The van der Waals surface area contributed by atoms with E-state index in [-0.39, 0.29) is 5.92 Å². The predicted molar refractivity (Wildman–Crippen MR) is 86.8 cm³/mol. The lowest BCUT2D eigenvalue weighted by Crippen LogP contribution is -2.38. The van der Waals surface area contributed by atoms with Crippen LogP contribution in [0, 0.1) is 6.92 Å². The molecule has 130 valence electrons. The number of rotatable bonds is 3. The number of aryl methyl sites for hydroxylation is 1. The summed E-state index contributed by atoms with van der Waals surface area (Å²) < 4.78 is 18.9. The first-order valence-corrected chi connectivity index (χ1v) is 8.68. The van der Waals surface area contributed by atoms with Crippen LogP contribution in [0.3, 0.4) is 0 Å². The highest BCUT2D eigenvalue weighted by atomic mass is 19.1. The van der Waals surface area contributed by atoms with Crippen molar-refractivity contribution in [2.45, 2.75) is 50.9 Å². The van der Waals surface area contributed by atoms with E-state index in [1.54, 1.807) is 4.90 Å². The Bertz CT molecular complexity index is 653. The van der Waals surface area contributed by atoms with Crippen LogP contribution in [0.15, 0.2) is 6.07 Å². The third kappa shape index (κ3) is 2.75. The SMILES string of the molecule is Cc1cc(C2CCN(C(=O)C(C)F)C2)nc(N2CC3CC2CO3)n1. The van der Waals surface area contributed by atoms with E-state index in [1.165, 1.54) is 6.92 Å². The van der Waals surface area contributed by atoms with Crippen LogP contribution in [-0.2, 0) is 9.53 Å². The van der Waals surface area contributed by atoms with Crippen molar-refractivity contribution in [3.05, 3.63) is 17.5 Å². The van der Waals surface area contributed by atoms with E-state index in [9.17, 15) is 9.18 Å². The Morgan fingerprint density at radius 3 is 2.92 bits per heavy atom. The zero-order valence-electron chi connectivity index (χ0n) is 14.1. The number of aromatic nitrogens is 2. The molecule has 4 rings (SSSR count). The number of anilines is 1. The topological polar surface area (TPSA) is 58.6 Å². The lowest BCUT2D eigenvalue weighted by molar-refractivity contribution is -0.134. The minimum atomic E-state index is -1.44. The van der Waals surface area contributed by atoms with E-state index in [0.717, 1.165) is 43.3 Å². The third-order valence-electron chi connectivity index (χ3n) is 5.28. The number of amides is 1. The fraction of sp³-hybridized carbons (Fsp3) is 0.706. The van der Waals surface area contributed by atoms with Gasteiger partial charge in [-0.05, 0) is 32.8 Å². The molecule has 1 aromatic heterocycles. The molecule has 0 saturated carbocycles. The molecule has 7 heteroatoms. The number of hydrogen-bond donors (Lipinski definition) is 0. The molecular weight excluding hydrogens is 311 g/mol. The molecule has 3 aliphatic rings. The summed E-state index contributed by atoms with van der Waals surface area (Å²) in [4.78, 5) is 25.1. The van der Waals surface area contributed by atoms with Gasteiger partial charge in [0.15, 0.2) is 6.17 Å². The Kier molecular flexibility index (Phi) is 3.90. The molecule has 0 radical (unpaired) electrons. The van der Waals surface area contributed by atoms with E-state index < -0.39 is 12.1 Å². The molecule has 4 atom stereocenters. The molecule has 4 heterocycles. The molecule has 6 nitrogen and oxygen atoms in total. The lowest BCUT2D eigenvalue weighted by Gasteiger charge is -2.27. The lowest BCUT2D eigenvalue weighted by atomic mass is 10.0. The molecule has 3 saturated heterocycles. The Morgan fingerprint density at radius 1 is 1.42 bits per heavy atom. The van der Waals surface area contributed by atoms with E-state index in [2.05, 4.69) is 9.88 Å². The largest absolute Gasteiger partial charge is 0.374 e. The summed E-state index contributed by atoms with van der Waals surface area (Å²) >= 11 is 0. The summed E-state index contributed by atoms with van der Waals surface area (Å²) in [6.45, 7) is 6.00. The van der Waals surface area contributed by atoms with Gasteiger partial charge >= 0.3 is 0 Å². The predicted octanol–water partition coefficient (Wildman–Crippen LogP) is 1.44. The van der Waals surface area contributed by atoms with Crippen LogP contribution < -0.4 is 4.90 Å². The average molecular weight is 334 g/mol. The van der Waals surface area contributed by atoms with Crippen LogP contribution in [0.1, 0.15) is 37.1 Å². The minimum absolute atomic E-state index is 0.157. The molecule has 24 heavy (non-hydrogen) atoms. The maximum absolute atomic E-state index is 13.3. The van der Waals surface area contributed by atoms with E-state index >= 15 is 0 Å². The molecule has 4 unspecified atom stereocenters. The maximum Gasteiger partial charge on any atom is 0.256 e. The van der Waals surface area contributed by atoms with Gasteiger partial charge in [0.1, 0.15) is 0 Å². The summed E-state index contributed by atoms with van der Waals surface area (Å²) in [7, 11) is 0. The molecule has 1 amide bonds. The van der Waals surface area contributed by atoms with Gasteiger partial charge in [0.05, 0.1) is 24.4 Å². The zero-order valence-corrected chi connectivity index (χ0v) is 14.1. The number of morpholine rings is 1.